The number of anilines is 1. The van der Waals surface area contributed by atoms with Crippen molar-refractivity contribution in [1.29, 1.82) is 0 Å². The number of hydrogen-bond acceptors (Lipinski definition) is 4. The number of pyridine rings is 1. The van der Waals surface area contributed by atoms with Crippen molar-refractivity contribution in [3.8, 4) is 0 Å². The molecule has 0 aromatic carbocycles. The van der Waals surface area contributed by atoms with Gasteiger partial charge in [0.1, 0.15) is 5.82 Å². The average Bonchev–Trinajstić information content (AvgIpc) is 2.77. The summed E-state index contributed by atoms with van der Waals surface area (Å²) >= 11 is 0. The van der Waals surface area contributed by atoms with Gasteiger partial charge in [0.25, 0.3) is 5.91 Å². The second-order valence-corrected chi connectivity index (χ2v) is 5.29. The number of nitrogens with two attached hydrogens (primary N) is 1. The third-order valence-corrected chi connectivity index (χ3v) is 3.74. The van der Waals surface area contributed by atoms with E-state index in [9.17, 15) is 4.79 Å². The third-order valence-electron chi connectivity index (χ3n) is 3.74. The molecule has 5 nitrogen and oxygen atoms in total. The van der Waals surface area contributed by atoms with E-state index < -0.39 is 0 Å². The highest BCUT2D eigenvalue weighted by atomic mass is 16.1. The van der Waals surface area contributed by atoms with E-state index >= 15 is 0 Å². The lowest BCUT2D eigenvalue weighted by Gasteiger charge is -2.25. The van der Waals surface area contributed by atoms with Crippen LogP contribution in [0.3, 0.4) is 0 Å². The van der Waals surface area contributed by atoms with Gasteiger partial charge in [-0.3, -0.25) is 4.79 Å². The zero-order valence-corrected chi connectivity index (χ0v) is 12.0. The number of rotatable bonds is 4. The van der Waals surface area contributed by atoms with Crippen molar-refractivity contribution in [3.05, 3.63) is 22.9 Å². The minimum Gasteiger partial charge on any atom is -0.357 e. The van der Waals surface area contributed by atoms with E-state index in [2.05, 4.69) is 29.0 Å². The molecule has 1 unspecified atom stereocenters. The molecule has 19 heavy (non-hydrogen) atoms. The minimum absolute atomic E-state index is 0.0274. The molecule has 0 saturated carbocycles. The van der Waals surface area contributed by atoms with E-state index in [-0.39, 0.29) is 11.9 Å². The predicted octanol–water partition coefficient (Wildman–Crippen LogP) is 1.58. The Hall–Kier alpha value is -1.62. The molecule has 1 aromatic heterocycles. The van der Waals surface area contributed by atoms with Crippen molar-refractivity contribution in [2.24, 2.45) is 5.73 Å². The lowest BCUT2D eigenvalue weighted by atomic mass is 10.0. The zero-order valence-electron chi connectivity index (χ0n) is 12.0. The second-order valence-electron chi connectivity index (χ2n) is 5.29. The molecule has 3 N–H and O–H groups in total. The van der Waals surface area contributed by atoms with E-state index in [1.807, 2.05) is 20.0 Å². The molecule has 1 amide bonds. The van der Waals surface area contributed by atoms with Crippen LogP contribution in [0.15, 0.2) is 6.07 Å². The Morgan fingerprint density at radius 3 is 2.79 bits per heavy atom. The van der Waals surface area contributed by atoms with E-state index in [0.717, 1.165) is 29.1 Å². The van der Waals surface area contributed by atoms with Crippen molar-refractivity contribution in [2.75, 3.05) is 11.9 Å². The molecule has 1 aliphatic rings. The lowest BCUT2D eigenvalue weighted by Crippen LogP contribution is -2.28. The van der Waals surface area contributed by atoms with Crippen LogP contribution in [0, 0.1) is 0 Å². The fourth-order valence-corrected chi connectivity index (χ4v) is 2.17. The fraction of sp³-hybridized carbons (Fsp3) is 0.571. The number of nitrogens with zero attached hydrogens (tertiary/aromatic N) is 2. The summed E-state index contributed by atoms with van der Waals surface area (Å²) in [7, 11) is 1.98. The largest absolute Gasteiger partial charge is 0.357 e. The number of amides is 1. The highest BCUT2D eigenvalue weighted by Gasteiger charge is 2.27. The van der Waals surface area contributed by atoms with Crippen LogP contribution < -0.4 is 16.0 Å². The minimum atomic E-state index is -0.123. The van der Waals surface area contributed by atoms with Crippen LogP contribution in [0.2, 0.25) is 0 Å². The Kier molecular flexibility index (Phi) is 3.75. The van der Waals surface area contributed by atoms with E-state index in [0.29, 0.717) is 12.6 Å². The Labute approximate surface area is 114 Å². The van der Waals surface area contributed by atoms with Gasteiger partial charge in [-0.2, -0.15) is 0 Å². The van der Waals surface area contributed by atoms with E-state index in [1.54, 1.807) is 0 Å². The molecule has 0 fully saturated rings. The number of nitrogens with one attached hydrogen (secondary N) is 1. The second kappa shape index (κ2) is 5.17. The van der Waals surface area contributed by atoms with Gasteiger partial charge in [-0.25, -0.2) is 4.98 Å². The molecular weight excluding hydrogens is 240 g/mol. The van der Waals surface area contributed by atoms with Crippen LogP contribution in [-0.2, 0) is 6.54 Å². The van der Waals surface area contributed by atoms with Gasteiger partial charge in [-0.1, -0.05) is 6.92 Å². The van der Waals surface area contributed by atoms with Crippen LogP contribution in [0.1, 0.15) is 54.8 Å². The summed E-state index contributed by atoms with van der Waals surface area (Å²) in [5.74, 6) is 0.782. The first-order valence-corrected chi connectivity index (χ1v) is 6.76. The molecular formula is C14H22N4O. The molecule has 0 saturated heterocycles. The van der Waals surface area contributed by atoms with Crippen molar-refractivity contribution >= 4 is 11.7 Å². The van der Waals surface area contributed by atoms with Gasteiger partial charge >= 0.3 is 0 Å². The van der Waals surface area contributed by atoms with Gasteiger partial charge < -0.3 is 16.0 Å². The van der Waals surface area contributed by atoms with Crippen molar-refractivity contribution in [1.82, 2.24) is 10.3 Å². The summed E-state index contributed by atoms with van der Waals surface area (Å²) in [5, 5.41) is 2.85. The molecule has 0 aliphatic carbocycles. The Morgan fingerprint density at radius 1 is 1.53 bits per heavy atom. The highest BCUT2D eigenvalue weighted by molar-refractivity contribution is 5.99. The van der Waals surface area contributed by atoms with Crippen LogP contribution in [0.25, 0.3) is 0 Å². The van der Waals surface area contributed by atoms with Gasteiger partial charge in [-0.05, 0) is 26.3 Å². The Bertz CT molecular complexity index is 498. The summed E-state index contributed by atoms with van der Waals surface area (Å²) in [6.45, 7) is 6.75. The number of carbonyl (C=O) groups excluding carboxylic acids is 1. The molecule has 1 aromatic rings. The number of fused-ring (bicyclic) bond motifs is 1. The summed E-state index contributed by atoms with van der Waals surface area (Å²) < 4.78 is 0. The number of aromatic nitrogens is 1. The first kappa shape index (κ1) is 13.8. The molecule has 104 valence electrons. The standard InChI is InChI=1S/C14H22N4O/c1-5-11(15)13-10-7-16-14(19)9(10)6-12(17-13)18(4)8(2)3/h6,8,11H,5,7,15H2,1-4H3,(H,16,19). The summed E-state index contributed by atoms with van der Waals surface area (Å²) in [4.78, 5) is 18.6. The van der Waals surface area contributed by atoms with Gasteiger partial charge in [0, 0.05) is 36.8 Å². The third kappa shape index (κ3) is 2.42. The van der Waals surface area contributed by atoms with Crippen LogP contribution in [-0.4, -0.2) is 24.0 Å². The van der Waals surface area contributed by atoms with Crippen molar-refractivity contribution in [2.45, 2.75) is 45.8 Å². The van der Waals surface area contributed by atoms with Gasteiger partial charge in [0.2, 0.25) is 0 Å². The topological polar surface area (TPSA) is 71.2 Å². The molecule has 1 aliphatic heterocycles. The SMILES string of the molecule is CCC(N)c1nc(N(C)C(C)C)cc2c1CNC2=O. The normalized spacial score (nSPS) is 15.4. The maximum absolute atomic E-state index is 11.9. The maximum atomic E-state index is 11.9. The quantitative estimate of drug-likeness (QED) is 0.864. The van der Waals surface area contributed by atoms with Crippen LogP contribution in [0.4, 0.5) is 5.82 Å². The molecule has 0 bridgehead atoms. The van der Waals surface area contributed by atoms with E-state index in [1.165, 1.54) is 0 Å². The smallest absolute Gasteiger partial charge is 0.252 e. The number of hydrogen-bond donors (Lipinski definition) is 2. The fourth-order valence-electron chi connectivity index (χ4n) is 2.17. The van der Waals surface area contributed by atoms with Crippen molar-refractivity contribution < 1.29 is 4.79 Å². The molecule has 2 heterocycles. The summed E-state index contributed by atoms with van der Waals surface area (Å²) in [5.41, 5.74) is 8.66. The average molecular weight is 262 g/mol. The van der Waals surface area contributed by atoms with Crippen LogP contribution >= 0.6 is 0 Å². The van der Waals surface area contributed by atoms with Gasteiger partial charge in [0.05, 0.1) is 5.69 Å². The molecule has 2 rings (SSSR count). The monoisotopic (exact) mass is 262 g/mol. The molecule has 5 heteroatoms. The Morgan fingerprint density at radius 2 is 2.21 bits per heavy atom. The lowest BCUT2D eigenvalue weighted by molar-refractivity contribution is 0.0965. The summed E-state index contributed by atoms with van der Waals surface area (Å²) in [6, 6.07) is 2.06. The van der Waals surface area contributed by atoms with Crippen LogP contribution in [0.5, 0.6) is 0 Å². The first-order valence-electron chi connectivity index (χ1n) is 6.76. The Balaban J connectivity index is 2.54. The van der Waals surface area contributed by atoms with Gasteiger partial charge in [0.15, 0.2) is 0 Å². The summed E-state index contributed by atoms with van der Waals surface area (Å²) in [6.07, 6.45) is 0.808. The van der Waals surface area contributed by atoms with Crippen molar-refractivity contribution in [3.63, 3.8) is 0 Å². The first-order chi connectivity index (χ1) is 8.95. The highest BCUT2D eigenvalue weighted by Crippen LogP contribution is 2.28. The molecule has 0 radical (unpaired) electrons. The van der Waals surface area contributed by atoms with E-state index in [4.69, 9.17) is 5.73 Å². The maximum Gasteiger partial charge on any atom is 0.252 e. The molecule has 0 spiro atoms. The zero-order chi connectivity index (χ0) is 14.2. The van der Waals surface area contributed by atoms with Gasteiger partial charge in [-0.15, -0.1) is 0 Å². The predicted molar refractivity (Wildman–Crippen MR) is 76.2 cm³/mol. The molecule has 1 atom stereocenters. The number of carbonyl (C=O) groups is 1.